The smallest absolute Gasteiger partial charge is 0.251 e. The number of nitrogens with two attached hydrogens (primary N) is 1. The molecule has 0 aliphatic carbocycles. The van der Waals surface area contributed by atoms with Crippen LogP contribution >= 0.6 is 23.1 Å². The van der Waals surface area contributed by atoms with Crippen molar-refractivity contribution in [1.29, 1.82) is 0 Å². The van der Waals surface area contributed by atoms with Gasteiger partial charge < -0.3 is 11.1 Å². The first-order chi connectivity index (χ1) is 10.4. The van der Waals surface area contributed by atoms with Crippen molar-refractivity contribution in [3.05, 3.63) is 46.8 Å². The molecule has 8 heteroatoms. The van der Waals surface area contributed by atoms with Gasteiger partial charge in [0, 0.05) is 4.90 Å². The van der Waals surface area contributed by atoms with Crippen LogP contribution in [0.15, 0.2) is 34.5 Å². The molecule has 0 radical (unpaired) electrons. The molecule has 2 rings (SSSR count). The minimum atomic E-state index is -0.681. The predicted molar refractivity (Wildman–Crippen MR) is 83.1 cm³/mol. The number of benzene rings is 1. The molecule has 0 aliphatic heterocycles. The second-order valence-electron chi connectivity index (χ2n) is 4.35. The Hall–Kier alpha value is -1.93. The van der Waals surface area contributed by atoms with Gasteiger partial charge in [-0.3, -0.25) is 9.59 Å². The number of halogens is 2. The van der Waals surface area contributed by atoms with Crippen molar-refractivity contribution in [1.82, 2.24) is 0 Å². The monoisotopic (exact) mass is 342 g/mol. The van der Waals surface area contributed by atoms with Gasteiger partial charge in [0.2, 0.25) is 5.91 Å². The van der Waals surface area contributed by atoms with Crippen molar-refractivity contribution in [2.24, 2.45) is 5.73 Å². The van der Waals surface area contributed by atoms with Crippen LogP contribution in [-0.2, 0) is 4.79 Å². The van der Waals surface area contributed by atoms with E-state index < -0.39 is 28.7 Å². The summed E-state index contributed by atoms with van der Waals surface area (Å²) in [5, 5.41) is 3.85. The quantitative estimate of drug-likeness (QED) is 0.819. The summed E-state index contributed by atoms with van der Waals surface area (Å²) >= 11 is 2.05. The molecular formula is C14H12F2N2O2S2. The van der Waals surface area contributed by atoms with E-state index in [4.69, 9.17) is 5.73 Å². The highest BCUT2D eigenvalue weighted by atomic mass is 32.2. The van der Waals surface area contributed by atoms with Gasteiger partial charge >= 0.3 is 0 Å². The maximum absolute atomic E-state index is 13.6. The number of thiophene rings is 1. The summed E-state index contributed by atoms with van der Waals surface area (Å²) in [5.74, 6) is -2.25. The lowest BCUT2D eigenvalue weighted by atomic mass is 10.3. The van der Waals surface area contributed by atoms with Crippen LogP contribution in [0.2, 0.25) is 0 Å². The first-order valence-electron chi connectivity index (χ1n) is 6.18. The maximum Gasteiger partial charge on any atom is 0.251 e. The summed E-state index contributed by atoms with van der Waals surface area (Å²) in [6, 6.07) is 4.55. The zero-order valence-corrected chi connectivity index (χ0v) is 13.1. The van der Waals surface area contributed by atoms with Crippen LogP contribution in [0, 0.1) is 11.6 Å². The molecule has 0 saturated heterocycles. The van der Waals surface area contributed by atoms with Crippen LogP contribution in [0.4, 0.5) is 13.8 Å². The van der Waals surface area contributed by atoms with E-state index in [2.05, 4.69) is 5.32 Å². The third-order valence-corrected chi connectivity index (χ3v) is 4.70. The Labute approximate surface area is 133 Å². The van der Waals surface area contributed by atoms with Crippen molar-refractivity contribution in [2.45, 2.75) is 17.1 Å². The van der Waals surface area contributed by atoms with E-state index in [1.54, 1.807) is 12.3 Å². The molecule has 0 bridgehead atoms. The molecule has 116 valence electrons. The van der Waals surface area contributed by atoms with Crippen LogP contribution in [0.3, 0.4) is 0 Å². The summed E-state index contributed by atoms with van der Waals surface area (Å²) in [6.07, 6.45) is 0. The number of thioether (sulfide) groups is 1. The molecule has 1 heterocycles. The van der Waals surface area contributed by atoms with E-state index in [0.717, 1.165) is 41.3 Å². The van der Waals surface area contributed by atoms with Gasteiger partial charge in [0.1, 0.15) is 16.6 Å². The summed E-state index contributed by atoms with van der Waals surface area (Å²) in [6.45, 7) is 1.56. The molecule has 2 amide bonds. The maximum atomic E-state index is 13.6. The minimum absolute atomic E-state index is 0.0453. The molecule has 22 heavy (non-hydrogen) atoms. The van der Waals surface area contributed by atoms with Crippen LogP contribution in [0.5, 0.6) is 0 Å². The zero-order chi connectivity index (χ0) is 16.3. The highest BCUT2D eigenvalue weighted by Crippen LogP contribution is 2.29. The predicted octanol–water partition coefficient (Wildman–Crippen LogP) is 3.24. The fraction of sp³-hybridized carbons (Fsp3) is 0.143. The molecule has 0 aliphatic rings. The second-order valence-corrected chi connectivity index (χ2v) is 6.65. The third kappa shape index (κ3) is 3.83. The molecule has 1 aromatic carbocycles. The number of hydrogen-bond donors (Lipinski definition) is 2. The molecule has 3 N–H and O–H groups in total. The molecule has 1 aromatic heterocycles. The average molecular weight is 342 g/mol. The Bertz CT molecular complexity index is 719. The lowest BCUT2D eigenvalue weighted by molar-refractivity contribution is -0.115. The van der Waals surface area contributed by atoms with Gasteiger partial charge in [-0.1, -0.05) is 0 Å². The lowest BCUT2D eigenvalue weighted by Gasteiger charge is -2.12. The number of rotatable bonds is 5. The van der Waals surface area contributed by atoms with E-state index in [0.29, 0.717) is 5.00 Å². The van der Waals surface area contributed by atoms with Crippen molar-refractivity contribution in [3.8, 4) is 0 Å². The SMILES string of the molecule is C[C@H](Sc1cc(F)ccc1F)C(=O)Nc1sccc1C(N)=O. The fourth-order valence-corrected chi connectivity index (χ4v) is 3.33. The van der Waals surface area contributed by atoms with Gasteiger partial charge in [-0.2, -0.15) is 0 Å². The number of nitrogens with one attached hydrogen (secondary N) is 1. The largest absolute Gasteiger partial charge is 0.366 e. The second kappa shape index (κ2) is 6.89. The van der Waals surface area contributed by atoms with Crippen molar-refractivity contribution in [3.63, 3.8) is 0 Å². The van der Waals surface area contributed by atoms with E-state index >= 15 is 0 Å². The zero-order valence-electron chi connectivity index (χ0n) is 11.4. The van der Waals surface area contributed by atoms with Gasteiger partial charge in [-0.15, -0.1) is 23.1 Å². The van der Waals surface area contributed by atoms with Gasteiger partial charge in [0.05, 0.1) is 10.8 Å². The number of carbonyl (C=O) groups is 2. The van der Waals surface area contributed by atoms with Gasteiger partial charge in [0.15, 0.2) is 0 Å². The normalized spacial score (nSPS) is 12.0. The fourth-order valence-electron chi connectivity index (χ4n) is 1.63. The standard InChI is InChI=1S/C14H12F2N2O2S2/c1-7(22-11-6-8(15)2-3-10(11)16)13(20)18-14-9(12(17)19)4-5-21-14/h2-7H,1H3,(H2,17,19)(H,18,20)/t7-/m0/s1. The number of carbonyl (C=O) groups excluding carboxylic acids is 2. The lowest BCUT2D eigenvalue weighted by Crippen LogP contribution is -2.23. The Morgan fingerprint density at radius 1 is 1.32 bits per heavy atom. The molecular weight excluding hydrogens is 330 g/mol. The summed E-state index contributed by atoms with van der Waals surface area (Å²) in [7, 11) is 0. The van der Waals surface area contributed by atoms with Gasteiger partial charge in [0.25, 0.3) is 5.91 Å². The van der Waals surface area contributed by atoms with E-state index in [-0.39, 0.29) is 10.5 Å². The number of primary amides is 1. The summed E-state index contributed by atoms with van der Waals surface area (Å²) in [5.41, 5.74) is 5.41. The van der Waals surface area contributed by atoms with Crippen LogP contribution < -0.4 is 11.1 Å². The summed E-state index contributed by atoms with van der Waals surface area (Å²) < 4.78 is 26.7. The first kappa shape index (κ1) is 16.4. The molecule has 0 fully saturated rings. The van der Waals surface area contributed by atoms with Gasteiger partial charge in [-0.05, 0) is 36.6 Å². The molecule has 0 spiro atoms. The van der Waals surface area contributed by atoms with Gasteiger partial charge in [-0.25, -0.2) is 8.78 Å². The average Bonchev–Trinajstić information content (AvgIpc) is 2.91. The topological polar surface area (TPSA) is 72.2 Å². The van der Waals surface area contributed by atoms with Crippen molar-refractivity contribution < 1.29 is 18.4 Å². The van der Waals surface area contributed by atoms with Crippen molar-refractivity contribution >= 4 is 39.9 Å². The van der Waals surface area contributed by atoms with Crippen molar-refractivity contribution in [2.75, 3.05) is 5.32 Å². The molecule has 0 unspecified atom stereocenters. The molecule has 2 aromatic rings. The number of anilines is 1. The van der Waals surface area contributed by atoms with Crippen LogP contribution in [0.25, 0.3) is 0 Å². The van der Waals surface area contributed by atoms with E-state index in [1.807, 2.05) is 0 Å². The Morgan fingerprint density at radius 2 is 2.05 bits per heavy atom. The van der Waals surface area contributed by atoms with E-state index in [1.165, 1.54) is 6.07 Å². The highest BCUT2D eigenvalue weighted by molar-refractivity contribution is 8.00. The Kier molecular flexibility index (Phi) is 5.15. The minimum Gasteiger partial charge on any atom is -0.366 e. The Balaban J connectivity index is 2.08. The third-order valence-electron chi connectivity index (χ3n) is 2.73. The first-order valence-corrected chi connectivity index (χ1v) is 7.94. The van der Waals surface area contributed by atoms with E-state index in [9.17, 15) is 18.4 Å². The van der Waals surface area contributed by atoms with Crippen LogP contribution in [0.1, 0.15) is 17.3 Å². The number of hydrogen-bond acceptors (Lipinski definition) is 4. The molecule has 1 atom stereocenters. The molecule has 0 saturated carbocycles. The highest BCUT2D eigenvalue weighted by Gasteiger charge is 2.19. The Morgan fingerprint density at radius 3 is 2.73 bits per heavy atom. The molecule has 4 nitrogen and oxygen atoms in total. The number of amides is 2. The van der Waals surface area contributed by atoms with Crippen LogP contribution in [-0.4, -0.2) is 17.1 Å². The summed E-state index contributed by atoms with van der Waals surface area (Å²) in [4.78, 5) is 23.3.